The number of hydrogen-bond donors (Lipinski definition) is 0. The van der Waals surface area contributed by atoms with Crippen molar-refractivity contribution in [3.05, 3.63) is 40.8 Å². The molecule has 1 fully saturated rings. The number of nitrogens with zero attached hydrogens (tertiary/aromatic N) is 4. The molecule has 0 atom stereocenters. The smallest absolute Gasteiger partial charge is 0.139 e. The van der Waals surface area contributed by atoms with Crippen LogP contribution in [0.4, 0.5) is 10.2 Å². The topological polar surface area (TPSA) is 43.2 Å². The molecule has 0 N–H and O–H groups in total. The molecule has 24 heavy (non-hydrogen) atoms. The van der Waals surface area contributed by atoms with Crippen LogP contribution in [0.5, 0.6) is 0 Å². The maximum absolute atomic E-state index is 13.8. The van der Waals surface area contributed by atoms with E-state index in [0.717, 1.165) is 41.1 Å². The van der Waals surface area contributed by atoms with Crippen molar-refractivity contribution in [3.63, 3.8) is 0 Å². The fraction of sp³-hybridized carbons (Fsp3) is 0.294. The molecule has 3 heterocycles. The first-order valence-electron chi connectivity index (χ1n) is 7.74. The molecule has 1 aliphatic heterocycles. The predicted molar refractivity (Wildman–Crippen MR) is 94.6 cm³/mol. The normalized spacial score (nSPS) is 15.2. The molecule has 7 heteroatoms. The van der Waals surface area contributed by atoms with E-state index in [9.17, 15) is 4.39 Å². The lowest BCUT2D eigenvalue weighted by molar-refractivity contribution is 0.122. The molecule has 124 valence electrons. The van der Waals surface area contributed by atoms with Crippen LogP contribution in [-0.2, 0) is 11.8 Å². The molecule has 0 aliphatic carbocycles. The zero-order chi connectivity index (χ0) is 16.7. The number of halogens is 2. The Balaban J connectivity index is 1.81. The van der Waals surface area contributed by atoms with Gasteiger partial charge < -0.3 is 9.64 Å². The van der Waals surface area contributed by atoms with Gasteiger partial charge in [0.25, 0.3) is 0 Å². The monoisotopic (exact) mass is 390 g/mol. The van der Waals surface area contributed by atoms with E-state index < -0.39 is 0 Å². The molecular weight excluding hydrogens is 375 g/mol. The number of aryl methyl sites for hydroxylation is 1. The minimum atomic E-state index is -0.291. The van der Waals surface area contributed by atoms with E-state index >= 15 is 0 Å². The molecule has 0 bridgehead atoms. The minimum absolute atomic E-state index is 0.291. The van der Waals surface area contributed by atoms with E-state index in [-0.39, 0.29) is 5.82 Å². The first kappa shape index (κ1) is 15.5. The van der Waals surface area contributed by atoms with Gasteiger partial charge in [-0.1, -0.05) is 0 Å². The Bertz CT molecular complexity index is 905. The van der Waals surface area contributed by atoms with Crippen molar-refractivity contribution in [1.29, 1.82) is 0 Å². The molecule has 3 aromatic rings. The van der Waals surface area contributed by atoms with Crippen molar-refractivity contribution in [2.45, 2.75) is 0 Å². The average molecular weight is 391 g/mol. The number of rotatable bonds is 2. The number of hydrogen-bond acceptors (Lipinski definition) is 4. The number of benzene rings is 1. The Labute approximate surface area is 147 Å². The van der Waals surface area contributed by atoms with Gasteiger partial charge in [-0.05, 0) is 34.1 Å². The Kier molecular flexibility index (Phi) is 3.97. The van der Waals surface area contributed by atoms with Crippen molar-refractivity contribution in [2.24, 2.45) is 7.05 Å². The summed E-state index contributed by atoms with van der Waals surface area (Å²) in [7, 11) is 1.82. The van der Waals surface area contributed by atoms with E-state index in [1.807, 2.05) is 19.2 Å². The van der Waals surface area contributed by atoms with Gasteiger partial charge in [0.2, 0.25) is 0 Å². The maximum Gasteiger partial charge on any atom is 0.139 e. The molecule has 2 aromatic heterocycles. The molecule has 0 amide bonds. The fourth-order valence-corrected chi connectivity index (χ4v) is 3.34. The first-order chi connectivity index (χ1) is 11.6. The lowest BCUT2D eigenvalue weighted by Crippen LogP contribution is -2.36. The van der Waals surface area contributed by atoms with Crippen LogP contribution in [0, 0.1) is 5.82 Å². The highest BCUT2D eigenvalue weighted by atomic mass is 79.9. The third-order valence-electron chi connectivity index (χ3n) is 4.25. The zero-order valence-corrected chi connectivity index (χ0v) is 14.8. The number of anilines is 1. The van der Waals surface area contributed by atoms with Gasteiger partial charge >= 0.3 is 0 Å². The molecule has 4 rings (SSSR count). The molecule has 1 aromatic carbocycles. The average Bonchev–Trinajstić information content (AvgIpc) is 2.92. The van der Waals surface area contributed by atoms with Gasteiger partial charge in [0, 0.05) is 43.4 Å². The summed E-state index contributed by atoms with van der Waals surface area (Å²) in [5.41, 5.74) is 2.55. The van der Waals surface area contributed by atoms with E-state index in [1.54, 1.807) is 16.9 Å². The van der Waals surface area contributed by atoms with Crippen LogP contribution >= 0.6 is 15.9 Å². The van der Waals surface area contributed by atoms with Crippen molar-refractivity contribution in [1.82, 2.24) is 14.8 Å². The summed E-state index contributed by atoms with van der Waals surface area (Å²) < 4.78 is 21.4. The van der Waals surface area contributed by atoms with Crippen LogP contribution in [0.15, 0.2) is 34.9 Å². The number of morpholine rings is 1. The second-order valence-corrected chi connectivity index (χ2v) is 6.61. The van der Waals surface area contributed by atoms with E-state index in [1.165, 1.54) is 6.07 Å². The second kappa shape index (κ2) is 6.14. The Morgan fingerprint density at radius 2 is 2.00 bits per heavy atom. The standard InChI is InChI=1S/C17H16BrFN4O/c1-22-15-10-14(19)13(18)9-12(15)17(21-22)11-2-3-20-16(8-11)23-4-6-24-7-5-23/h2-3,8-10H,4-7H2,1H3. The van der Waals surface area contributed by atoms with Crippen molar-refractivity contribution in [3.8, 4) is 11.3 Å². The number of aromatic nitrogens is 3. The number of ether oxygens (including phenoxy) is 1. The van der Waals surface area contributed by atoms with Gasteiger partial charge in [0.15, 0.2) is 0 Å². The first-order valence-corrected chi connectivity index (χ1v) is 8.53. The lowest BCUT2D eigenvalue weighted by Gasteiger charge is -2.27. The van der Waals surface area contributed by atoms with Crippen molar-refractivity contribution in [2.75, 3.05) is 31.2 Å². The van der Waals surface area contributed by atoms with Gasteiger partial charge in [0.05, 0.1) is 23.2 Å². The summed E-state index contributed by atoms with van der Waals surface area (Å²) in [6.45, 7) is 3.08. The molecular formula is C17H16BrFN4O. The van der Waals surface area contributed by atoms with Gasteiger partial charge in [-0.2, -0.15) is 5.10 Å². The van der Waals surface area contributed by atoms with Crippen molar-refractivity contribution < 1.29 is 9.13 Å². The van der Waals surface area contributed by atoms with Crippen LogP contribution < -0.4 is 4.90 Å². The minimum Gasteiger partial charge on any atom is -0.378 e. The lowest BCUT2D eigenvalue weighted by atomic mass is 10.1. The summed E-state index contributed by atoms with van der Waals surface area (Å²) in [4.78, 5) is 6.68. The highest BCUT2D eigenvalue weighted by Gasteiger charge is 2.17. The van der Waals surface area contributed by atoms with Crippen molar-refractivity contribution >= 4 is 32.7 Å². The summed E-state index contributed by atoms with van der Waals surface area (Å²) in [6.07, 6.45) is 1.79. The SMILES string of the molecule is Cn1nc(-c2ccnc(N3CCOCC3)c2)c2cc(Br)c(F)cc21. The third-order valence-corrected chi connectivity index (χ3v) is 4.85. The van der Waals surface area contributed by atoms with Crippen LogP contribution in [0.25, 0.3) is 22.2 Å². The quantitative estimate of drug-likeness (QED) is 0.672. The molecule has 0 saturated carbocycles. The van der Waals surface area contributed by atoms with E-state index in [4.69, 9.17) is 4.74 Å². The van der Waals surface area contributed by atoms with Gasteiger partial charge in [0.1, 0.15) is 17.3 Å². The maximum atomic E-state index is 13.8. The molecule has 0 spiro atoms. The second-order valence-electron chi connectivity index (χ2n) is 5.76. The Morgan fingerprint density at radius 1 is 1.21 bits per heavy atom. The largest absolute Gasteiger partial charge is 0.378 e. The number of fused-ring (bicyclic) bond motifs is 1. The highest BCUT2D eigenvalue weighted by molar-refractivity contribution is 9.10. The third kappa shape index (κ3) is 2.67. The summed E-state index contributed by atoms with van der Waals surface area (Å²) in [6, 6.07) is 7.25. The molecule has 0 radical (unpaired) electrons. The van der Waals surface area contributed by atoms with E-state index in [2.05, 4.69) is 30.9 Å². The van der Waals surface area contributed by atoms with Crippen LogP contribution in [0.2, 0.25) is 0 Å². The fourth-order valence-electron chi connectivity index (χ4n) is 3.00. The van der Waals surface area contributed by atoms with Gasteiger partial charge in [-0.25, -0.2) is 9.37 Å². The molecule has 1 saturated heterocycles. The van der Waals surface area contributed by atoms with Gasteiger partial charge in [-0.15, -0.1) is 0 Å². The van der Waals surface area contributed by atoms with E-state index in [0.29, 0.717) is 17.7 Å². The predicted octanol–water partition coefficient (Wildman–Crippen LogP) is 3.37. The number of pyridine rings is 1. The summed E-state index contributed by atoms with van der Waals surface area (Å²) in [5.74, 6) is 0.622. The Morgan fingerprint density at radius 3 is 2.79 bits per heavy atom. The van der Waals surface area contributed by atoms with Gasteiger partial charge in [-0.3, -0.25) is 4.68 Å². The van der Waals surface area contributed by atoms with Crippen LogP contribution in [0.1, 0.15) is 0 Å². The molecule has 5 nitrogen and oxygen atoms in total. The summed E-state index contributed by atoms with van der Waals surface area (Å²) in [5, 5.41) is 5.49. The molecule has 1 aliphatic rings. The Hall–Kier alpha value is -1.99. The van der Waals surface area contributed by atoms with Crippen LogP contribution in [-0.4, -0.2) is 41.1 Å². The summed E-state index contributed by atoms with van der Waals surface area (Å²) >= 11 is 3.26. The zero-order valence-electron chi connectivity index (χ0n) is 13.2. The van der Waals surface area contributed by atoms with Crippen LogP contribution in [0.3, 0.4) is 0 Å². The molecule has 0 unspecified atom stereocenters. The highest BCUT2D eigenvalue weighted by Crippen LogP contribution is 2.32.